The molecule has 0 bridgehead atoms. The highest BCUT2D eigenvalue weighted by molar-refractivity contribution is 9.10. The molecule has 0 saturated heterocycles. The van der Waals surface area contributed by atoms with Crippen LogP contribution >= 0.6 is 15.9 Å². The summed E-state index contributed by atoms with van der Waals surface area (Å²) in [5.74, 6) is -0.377. The molecule has 0 spiro atoms. The second-order valence-corrected chi connectivity index (χ2v) is 8.03. The second kappa shape index (κ2) is 6.71. The van der Waals surface area contributed by atoms with Gasteiger partial charge in [0.2, 0.25) is 0 Å². The lowest BCUT2D eigenvalue weighted by molar-refractivity contribution is 0.532. The van der Waals surface area contributed by atoms with Crippen molar-refractivity contribution in [3.8, 4) is 6.07 Å². The van der Waals surface area contributed by atoms with Crippen LogP contribution in [0.25, 0.3) is 0 Å². The predicted molar refractivity (Wildman–Crippen MR) is 78.2 cm³/mol. The number of nitrogens with zero attached hydrogens (tertiary/aromatic N) is 1. The summed E-state index contributed by atoms with van der Waals surface area (Å²) in [5.41, 5.74) is 0.424. The van der Waals surface area contributed by atoms with Crippen molar-refractivity contribution in [2.45, 2.75) is 38.0 Å². The summed E-state index contributed by atoms with van der Waals surface area (Å²) < 4.78 is 28.5. The van der Waals surface area contributed by atoms with Crippen molar-refractivity contribution in [3.63, 3.8) is 0 Å². The van der Waals surface area contributed by atoms with Gasteiger partial charge in [-0.05, 0) is 38.5 Å². The van der Waals surface area contributed by atoms with Crippen molar-refractivity contribution in [3.05, 3.63) is 34.1 Å². The summed E-state index contributed by atoms with van der Waals surface area (Å²) in [5, 5.41) is 9.07. The third-order valence-electron chi connectivity index (χ3n) is 2.40. The number of rotatable bonds is 4. The van der Waals surface area contributed by atoms with Crippen LogP contribution in [-0.4, -0.2) is 15.3 Å². The van der Waals surface area contributed by atoms with Crippen LogP contribution in [0.15, 0.2) is 22.7 Å². The van der Waals surface area contributed by atoms with E-state index < -0.39 is 22.2 Å². The Balaban J connectivity index is 2.75. The van der Waals surface area contributed by atoms with Crippen molar-refractivity contribution in [2.24, 2.45) is 0 Å². The standard InChI is InChI=1S/C13H16BrFN2OS/c1-13(2,3)19(18)17-11(8-16)6-9-4-5-10(14)7-12(9)15/h4-5,7,11,17H,6H2,1-3H3/t11-,19?/m0/s1. The third kappa shape index (κ3) is 5.11. The summed E-state index contributed by atoms with van der Waals surface area (Å²) in [6, 6.07) is 6.01. The first kappa shape index (κ1) is 16.4. The van der Waals surface area contributed by atoms with Crippen molar-refractivity contribution < 1.29 is 8.94 Å². The van der Waals surface area contributed by atoms with Gasteiger partial charge in [0.1, 0.15) is 16.6 Å². The van der Waals surface area contributed by atoms with Crippen molar-refractivity contribution >= 4 is 27.3 Å². The van der Waals surface area contributed by atoms with Gasteiger partial charge in [-0.2, -0.15) is 5.26 Å². The van der Waals surface area contributed by atoms with Crippen molar-refractivity contribution in [2.75, 3.05) is 0 Å². The molecule has 0 aromatic heterocycles. The van der Waals surface area contributed by atoms with Crippen LogP contribution in [-0.2, 0) is 17.8 Å². The molecule has 1 unspecified atom stereocenters. The van der Waals surface area contributed by atoms with E-state index in [2.05, 4.69) is 20.7 Å². The zero-order valence-corrected chi connectivity index (χ0v) is 13.4. The van der Waals surface area contributed by atoms with E-state index >= 15 is 0 Å². The largest absolute Gasteiger partial charge is 0.598 e. The SMILES string of the molecule is CC(C)(C)[S+]([O-])N[C@H](C#N)Cc1ccc(Br)cc1F. The van der Waals surface area contributed by atoms with Gasteiger partial charge >= 0.3 is 0 Å². The number of nitriles is 1. The van der Waals surface area contributed by atoms with Gasteiger partial charge in [0.15, 0.2) is 0 Å². The molecule has 6 heteroatoms. The molecule has 0 amide bonds. The molecule has 0 fully saturated rings. The maximum absolute atomic E-state index is 13.7. The minimum absolute atomic E-state index is 0.178. The average molecular weight is 347 g/mol. The summed E-state index contributed by atoms with van der Waals surface area (Å²) in [7, 11) is 0. The van der Waals surface area contributed by atoms with E-state index in [9.17, 15) is 8.94 Å². The maximum Gasteiger partial charge on any atom is 0.143 e. The van der Waals surface area contributed by atoms with Crippen LogP contribution in [0, 0.1) is 17.1 Å². The molecule has 1 N–H and O–H groups in total. The second-order valence-electron chi connectivity index (χ2n) is 5.12. The lowest BCUT2D eigenvalue weighted by atomic mass is 10.1. The number of hydrogen-bond donors (Lipinski definition) is 1. The van der Waals surface area contributed by atoms with Gasteiger partial charge < -0.3 is 4.55 Å². The van der Waals surface area contributed by atoms with E-state index in [1.54, 1.807) is 12.1 Å². The number of hydrogen-bond acceptors (Lipinski definition) is 3. The molecular weight excluding hydrogens is 331 g/mol. The molecule has 19 heavy (non-hydrogen) atoms. The molecule has 1 rings (SSSR count). The van der Waals surface area contributed by atoms with E-state index in [1.165, 1.54) is 6.07 Å². The number of nitrogens with one attached hydrogen (secondary N) is 1. The molecule has 3 nitrogen and oxygen atoms in total. The van der Waals surface area contributed by atoms with E-state index in [0.29, 0.717) is 10.0 Å². The molecule has 2 atom stereocenters. The molecule has 1 aromatic carbocycles. The van der Waals surface area contributed by atoms with E-state index in [-0.39, 0.29) is 12.2 Å². The molecule has 0 aliphatic carbocycles. The number of benzene rings is 1. The lowest BCUT2D eigenvalue weighted by Gasteiger charge is -2.25. The van der Waals surface area contributed by atoms with Gasteiger partial charge in [0.05, 0.1) is 6.07 Å². The Kier molecular flexibility index (Phi) is 5.81. The smallest absolute Gasteiger partial charge is 0.143 e. The molecule has 0 aliphatic heterocycles. The minimum atomic E-state index is -1.36. The molecule has 0 saturated carbocycles. The predicted octanol–water partition coefficient (Wildman–Crippen LogP) is 3.07. The lowest BCUT2D eigenvalue weighted by Crippen LogP contribution is -2.45. The fourth-order valence-electron chi connectivity index (χ4n) is 1.33. The third-order valence-corrected chi connectivity index (χ3v) is 4.50. The Morgan fingerprint density at radius 3 is 2.63 bits per heavy atom. The topological polar surface area (TPSA) is 58.9 Å². The Bertz CT molecular complexity index is 485. The molecule has 0 radical (unpaired) electrons. The summed E-state index contributed by atoms with van der Waals surface area (Å²) in [6.07, 6.45) is 0.178. The Labute approximate surface area is 124 Å². The van der Waals surface area contributed by atoms with Crippen molar-refractivity contribution in [1.29, 1.82) is 5.26 Å². The Morgan fingerprint density at radius 1 is 1.53 bits per heavy atom. The highest BCUT2D eigenvalue weighted by Gasteiger charge is 2.29. The quantitative estimate of drug-likeness (QED) is 0.852. The molecule has 0 aliphatic rings. The number of halogens is 2. The van der Waals surface area contributed by atoms with Gasteiger partial charge in [0.25, 0.3) is 0 Å². The van der Waals surface area contributed by atoms with Gasteiger partial charge in [-0.25, -0.2) is 4.39 Å². The van der Waals surface area contributed by atoms with Crippen LogP contribution in [0.5, 0.6) is 0 Å². The monoisotopic (exact) mass is 346 g/mol. The summed E-state index contributed by atoms with van der Waals surface area (Å²) in [6.45, 7) is 5.43. The van der Waals surface area contributed by atoms with E-state index in [4.69, 9.17) is 5.26 Å². The highest BCUT2D eigenvalue weighted by atomic mass is 79.9. The minimum Gasteiger partial charge on any atom is -0.598 e. The van der Waals surface area contributed by atoms with Crippen LogP contribution < -0.4 is 4.72 Å². The van der Waals surface area contributed by atoms with E-state index in [0.717, 1.165) is 0 Å². The molecular formula is C13H16BrFN2OS. The van der Waals surface area contributed by atoms with Crippen LogP contribution in [0.4, 0.5) is 4.39 Å². The normalized spacial score (nSPS) is 14.8. The van der Waals surface area contributed by atoms with E-state index in [1.807, 2.05) is 26.8 Å². The zero-order valence-electron chi connectivity index (χ0n) is 11.0. The van der Waals surface area contributed by atoms with Gasteiger partial charge in [-0.3, -0.25) is 0 Å². The molecule has 0 heterocycles. The van der Waals surface area contributed by atoms with Crippen LogP contribution in [0.2, 0.25) is 0 Å². The first-order valence-corrected chi connectivity index (χ1v) is 7.70. The van der Waals surface area contributed by atoms with Crippen LogP contribution in [0.3, 0.4) is 0 Å². The fraction of sp³-hybridized carbons (Fsp3) is 0.462. The molecule has 104 valence electrons. The zero-order chi connectivity index (χ0) is 14.6. The summed E-state index contributed by atoms with van der Waals surface area (Å²) >= 11 is 1.82. The van der Waals surface area contributed by atoms with Gasteiger partial charge in [-0.1, -0.05) is 22.0 Å². The highest BCUT2D eigenvalue weighted by Crippen LogP contribution is 2.18. The first-order chi connectivity index (χ1) is 8.74. The van der Waals surface area contributed by atoms with Crippen LogP contribution in [0.1, 0.15) is 26.3 Å². The average Bonchev–Trinajstić information content (AvgIpc) is 2.30. The van der Waals surface area contributed by atoms with Gasteiger partial charge in [0, 0.05) is 22.3 Å². The first-order valence-electron chi connectivity index (χ1n) is 5.75. The van der Waals surface area contributed by atoms with Gasteiger partial charge in [-0.15, -0.1) is 4.72 Å². The maximum atomic E-state index is 13.7. The van der Waals surface area contributed by atoms with Crippen molar-refractivity contribution in [1.82, 2.24) is 4.72 Å². The molecule has 1 aromatic rings. The Hall–Kier alpha value is -0.610. The summed E-state index contributed by atoms with van der Waals surface area (Å²) in [4.78, 5) is 0. The Morgan fingerprint density at radius 2 is 2.16 bits per heavy atom. The fourth-order valence-corrected chi connectivity index (χ4v) is 2.41.